The Morgan fingerprint density at radius 2 is 1.74 bits per heavy atom. The van der Waals surface area contributed by atoms with Crippen LogP contribution in [0.4, 0.5) is 0 Å². The average molecular weight is 272 g/mol. The molecule has 1 spiro atoms. The lowest BCUT2D eigenvalue weighted by atomic mass is 10.0. The first-order chi connectivity index (χ1) is 8.79. The zero-order chi connectivity index (χ0) is 13.6. The molecule has 4 aliphatic rings. The van der Waals surface area contributed by atoms with E-state index in [0.29, 0.717) is 0 Å². The molecule has 0 radical (unpaired) electrons. The standard InChI is InChI=1S/C13H20O6/c1-11(2)16-8-7-9-13(7,19-12(3,4)17-9)6(5-14)15-10(8)18-11/h6-10,14H,5H2,1-4H3/t6?,7?,8?,9?,10-,13-/m1/s1. The molecule has 6 atom stereocenters. The molecule has 1 saturated carbocycles. The van der Waals surface area contributed by atoms with Crippen LogP contribution >= 0.6 is 0 Å². The number of hydrogen-bond acceptors (Lipinski definition) is 6. The van der Waals surface area contributed by atoms with Crippen LogP contribution in [0, 0.1) is 5.92 Å². The topological polar surface area (TPSA) is 66.4 Å². The van der Waals surface area contributed by atoms with Crippen molar-refractivity contribution in [3.8, 4) is 0 Å². The molecule has 4 fully saturated rings. The Bertz CT molecular complexity index is 419. The molecule has 1 aliphatic carbocycles. The molecule has 6 heteroatoms. The molecule has 0 bridgehead atoms. The first-order valence-corrected chi connectivity index (χ1v) is 6.79. The van der Waals surface area contributed by atoms with E-state index in [9.17, 15) is 5.11 Å². The van der Waals surface area contributed by atoms with Gasteiger partial charge in [-0.25, -0.2) is 0 Å². The number of ether oxygens (including phenoxy) is 5. The van der Waals surface area contributed by atoms with Crippen LogP contribution in [0.2, 0.25) is 0 Å². The summed E-state index contributed by atoms with van der Waals surface area (Å²) in [5, 5.41) is 9.59. The highest BCUT2D eigenvalue weighted by Crippen LogP contribution is 2.66. The highest BCUT2D eigenvalue weighted by molar-refractivity contribution is 5.28. The lowest BCUT2D eigenvalue weighted by Gasteiger charge is -2.37. The van der Waals surface area contributed by atoms with Crippen LogP contribution in [0.15, 0.2) is 0 Å². The Hall–Kier alpha value is -0.240. The third-order valence-corrected chi connectivity index (χ3v) is 4.43. The summed E-state index contributed by atoms with van der Waals surface area (Å²) >= 11 is 0. The van der Waals surface area contributed by atoms with Gasteiger partial charge in [0.05, 0.1) is 12.5 Å². The second-order valence-electron chi connectivity index (χ2n) is 6.70. The minimum Gasteiger partial charge on any atom is -0.394 e. The van der Waals surface area contributed by atoms with Crippen molar-refractivity contribution < 1.29 is 28.8 Å². The molecule has 3 heterocycles. The predicted molar refractivity (Wildman–Crippen MR) is 62.0 cm³/mol. The van der Waals surface area contributed by atoms with Gasteiger partial charge < -0.3 is 28.8 Å². The number of aliphatic hydroxyl groups excluding tert-OH is 1. The monoisotopic (exact) mass is 272 g/mol. The van der Waals surface area contributed by atoms with E-state index in [1.54, 1.807) is 0 Å². The Labute approximate surface area is 111 Å². The third kappa shape index (κ3) is 1.47. The van der Waals surface area contributed by atoms with Gasteiger partial charge in [-0.3, -0.25) is 0 Å². The fourth-order valence-electron chi connectivity index (χ4n) is 3.88. The maximum absolute atomic E-state index is 9.59. The summed E-state index contributed by atoms with van der Waals surface area (Å²) in [7, 11) is 0. The van der Waals surface area contributed by atoms with E-state index in [4.69, 9.17) is 23.7 Å². The molecule has 1 N–H and O–H groups in total. The van der Waals surface area contributed by atoms with Crippen molar-refractivity contribution in [3.05, 3.63) is 0 Å². The minimum absolute atomic E-state index is 0.0678. The molecule has 19 heavy (non-hydrogen) atoms. The Balaban J connectivity index is 1.66. The molecule has 4 unspecified atom stereocenters. The average Bonchev–Trinajstić information content (AvgIpc) is 2.60. The molecule has 4 rings (SSSR count). The van der Waals surface area contributed by atoms with Crippen LogP contribution in [0.25, 0.3) is 0 Å². The summed E-state index contributed by atoms with van der Waals surface area (Å²) in [4.78, 5) is 0. The summed E-state index contributed by atoms with van der Waals surface area (Å²) in [6.07, 6.45) is -1.17. The first kappa shape index (κ1) is 12.5. The van der Waals surface area contributed by atoms with Crippen LogP contribution in [0.5, 0.6) is 0 Å². The summed E-state index contributed by atoms with van der Waals surface area (Å²) in [5.41, 5.74) is -0.580. The first-order valence-electron chi connectivity index (χ1n) is 6.79. The molecule has 6 nitrogen and oxygen atoms in total. The second kappa shape index (κ2) is 3.32. The molecule has 3 saturated heterocycles. The van der Waals surface area contributed by atoms with Gasteiger partial charge in [0.1, 0.15) is 23.9 Å². The summed E-state index contributed by atoms with van der Waals surface area (Å²) in [6, 6.07) is 0. The van der Waals surface area contributed by atoms with Gasteiger partial charge in [0.15, 0.2) is 17.9 Å². The largest absolute Gasteiger partial charge is 0.394 e. The van der Waals surface area contributed by atoms with Gasteiger partial charge in [0.2, 0.25) is 0 Å². The number of rotatable bonds is 1. The van der Waals surface area contributed by atoms with Gasteiger partial charge >= 0.3 is 0 Å². The van der Waals surface area contributed by atoms with Gasteiger partial charge in [0, 0.05) is 0 Å². The van der Waals surface area contributed by atoms with Crippen molar-refractivity contribution in [3.63, 3.8) is 0 Å². The Morgan fingerprint density at radius 3 is 2.42 bits per heavy atom. The fraction of sp³-hybridized carbons (Fsp3) is 1.00. The lowest BCUT2D eigenvalue weighted by Crippen LogP contribution is -2.52. The van der Waals surface area contributed by atoms with Crippen molar-refractivity contribution >= 4 is 0 Å². The smallest absolute Gasteiger partial charge is 0.188 e. The van der Waals surface area contributed by atoms with Crippen molar-refractivity contribution in [1.29, 1.82) is 0 Å². The van der Waals surface area contributed by atoms with E-state index < -0.39 is 29.6 Å². The summed E-state index contributed by atoms with van der Waals surface area (Å²) in [5.74, 6) is -1.24. The van der Waals surface area contributed by atoms with E-state index in [0.717, 1.165) is 0 Å². The van der Waals surface area contributed by atoms with Gasteiger partial charge in [-0.2, -0.15) is 0 Å². The maximum atomic E-state index is 9.59. The SMILES string of the molecule is CC1(C)OC2C3C4OC(C)(C)O[C@@]43C(CO)O[C@@H]2O1. The zero-order valence-electron chi connectivity index (χ0n) is 11.6. The van der Waals surface area contributed by atoms with Gasteiger partial charge in [0.25, 0.3) is 0 Å². The van der Waals surface area contributed by atoms with Crippen molar-refractivity contribution in [1.82, 2.24) is 0 Å². The maximum Gasteiger partial charge on any atom is 0.188 e. The molecular weight excluding hydrogens is 252 g/mol. The van der Waals surface area contributed by atoms with Crippen LogP contribution in [0.3, 0.4) is 0 Å². The van der Waals surface area contributed by atoms with E-state index >= 15 is 0 Å². The Morgan fingerprint density at radius 1 is 1.00 bits per heavy atom. The zero-order valence-corrected chi connectivity index (χ0v) is 11.6. The highest BCUT2D eigenvalue weighted by atomic mass is 16.8. The fourth-order valence-corrected chi connectivity index (χ4v) is 3.88. The predicted octanol–water partition coefficient (Wildman–Crippen LogP) is 0.375. The third-order valence-electron chi connectivity index (χ3n) is 4.43. The van der Waals surface area contributed by atoms with Crippen molar-refractivity contribution in [2.75, 3.05) is 6.61 Å². The van der Waals surface area contributed by atoms with Gasteiger partial charge in [-0.05, 0) is 27.7 Å². The molecule has 0 aromatic carbocycles. The molecule has 0 amide bonds. The van der Waals surface area contributed by atoms with Gasteiger partial charge in [-0.15, -0.1) is 0 Å². The lowest BCUT2D eigenvalue weighted by molar-refractivity contribution is -0.276. The minimum atomic E-state index is -0.673. The Kier molecular flexibility index (Phi) is 2.18. The van der Waals surface area contributed by atoms with Gasteiger partial charge in [-0.1, -0.05) is 0 Å². The second-order valence-corrected chi connectivity index (χ2v) is 6.70. The van der Waals surface area contributed by atoms with Crippen LogP contribution in [0.1, 0.15) is 27.7 Å². The van der Waals surface area contributed by atoms with Crippen molar-refractivity contribution in [2.45, 2.75) is 69.5 Å². The van der Waals surface area contributed by atoms with E-state index in [-0.39, 0.29) is 24.7 Å². The number of fused-ring (bicyclic) bond motifs is 3. The molecule has 0 aromatic heterocycles. The number of aliphatic hydroxyl groups is 1. The number of hydrogen-bond donors (Lipinski definition) is 1. The van der Waals surface area contributed by atoms with E-state index in [1.807, 2.05) is 27.7 Å². The normalized spacial score (nSPS) is 56.4. The van der Waals surface area contributed by atoms with Crippen LogP contribution in [-0.2, 0) is 23.7 Å². The molecule has 0 aromatic rings. The van der Waals surface area contributed by atoms with Crippen LogP contribution < -0.4 is 0 Å². The van der Waals surface area contributed by atoms with Crippen LogP contribution in [-0.4, -0.2) is 53.5 Å². The molecule has 3 aliphatic heterocycles. The van der Waals surface area contributed by atoms with E-state index in [1.165, 1.54) is 0 Å². The quantitative estimate of drug-likeness (QED) is 0.744. The van der Waals surface area contributed by atoms with Crippen molar-refractivity contribution in [2.24, 2.45) is 5.92 Å². The molecular formula is C13H20O6. The summed E-state index contributed by atoms with van der Waals surface area (Å²) in [6.45, 7) is 7.36. The molecule has 108 valence electrons. The summed E-state index contributed by atoms with van der Waals surface area (Å²) < 4.78 is 29.5. The highest BCUT2D eigenvalue weighted by Gasteiger charge is 2.84. The van der Waals surface area contributed by atoms with E-state index in [2.05, 4.69) is 0 Å².